The zero-order valence-corrected chi connectivity index (χ0v) is 24.0. The van der Waals surface area contributed by atoms with Crippen molar-refractivity contribution in [1.82, 2.24) is 0 Å². The number of hydrogen-bond donors (Lipinski definition) is 5. The highest BCUT2D eigenvalue weighted by Crippen LogP contribution is 2.49. The van der Waals surface area contributed by atoms with Gasteiger partial charge in [0.05, 0.1) is 5.56 Å². The Kier molecular flexibility index (Phi) is 6.09. The highest BCUT2D eigenvalue weighted by atomic mass is 16.5. The molecule has 1 aliphatic rings. The normalized spacial score (nSPS) is 13.9. The van der Waals surface area contributed by atoms with Crippen LogP contribution in [0.25, 0.3) is 55.7 Å². The SMILES string of the molecule is CC1(C)CCc2cc(-c3cc(=O)c4c(O)cc(O)cc4o3)cc(-c3c(O)cc(O)c4c(=O)cc(-c5ccc(O)cc5)oc34)c2O1. The highest BCUT2D eigenvalue weighted by Gasteiger charge is 2.32. The Morgan fingerprint density at radius 1 is 0.667 bits per heavy atom. The van der Waals surface area contributed by atoms with Crippen molar-refractivity contribution in [2.24, 2.45) is 0 Å². The molecule has 0 spiro atoms. The predicted octanol–water partition coefficient (Wildman–Crippen LogP) is 6.53. The van der Waals surface area contributed by atoms with Crippen LogP contribution in [-0.4, -0.2) is 31.1 Å². The second kappa shape index (κ2) is 9.81. The topological polar surface area (TPSA) is 171 Å². The van der Waals surface area contributed by atoms with Crippen LogP contribution in [0.2, 0.25) is 0 Å². The van der Waals surface area contributed by atoms with Gasteiger partial charge in [0, 0.05) is 47.0 Å². The second-order valence-corrected chi connectivity index (χ2v) is 11.7. The zero-order valence-electron chi connectivity index (χ0n) is 24.0. The maximum absolute atomic E-state index is 13.4. The van der Waals surface area contributed by atoms with E-state index in [-0.39, 0.29) is 50.5 Å². The van der Waals surface area contributed by atoms with E-state index in [0.29, 0.717) is 35.3 Å². The Hall–Kier alpha value is -5.90. The molecule has 0 aliphatic carbocycles. The largest absolute Gasteiger partial charge is 0.508 e. The summed E-state index contributed by atoms with van der Waals surface area (Å²) in [6, 6.07) is 15.2. The van der Waals surface area contributed by atoms with E-state index < -0.39 is 33.7 Å². The van der Waals surface area contributed by atoms with Crippen molar-refractivity contribution in [3.05, 3.63) is 92.7 Å². The molecule has 6 aromatic rings. The van der Waals surface area contributed by atoms with Crippen LogP contribution in [0.5, 0.6) is 34.5 Å². The molecular formula is C35H26O10. The first-order valence-corrected chi connectivity index (χ1v) is 14.1. The van der Waals surface area contributed by atoms with Gasteiger partial charge in [-0.25, -0.2) is 0 Å². The maximum atomic E-state index is 13.4. The van der Waals surface area contributed by atoms with E-state index in [0.717, 1.165) is 17.7 Å². The van der Waals surface area contributed by atoms with Gasteiger partial charge in [-0.1, -0.05) is 0 Å². The summed E-state index contributed by atoms with van der Waals surface area (Å²) in [6.45, 7) is 3.85. The van der Waals surface area contributed by atoms with E-state index in [2.05, 4.69) is 0 Å². The second-order valence-electron chi connectivity index (χ2n) is 11.7. The summed E-state index contributed by atoms with van der Waals surface area (Å²) in [6.07, 6.45) is 1.21. The number of fused-ring (bicyclic) bond motifs is 3. The minimum atomic E-state index is -0.589. The molecule has 0 saturated carbocycles. The maximum Gasteiger partial charge on any atom is 0.197 e. The fourth-order valence-corrected chi connectivity index (χ4v) is 5.81. The number of aryl methyl sites for hydroxylation is 1. The zero-order chi connectivity index (χ0) is 31.8. The number of phenolic OH excluding ortho intramolecular Hbond substituents is 5. The number of rotatable bonds is 3. The Morgan fingerprint density at radius 3 is 2.07 bits per heavy atom. The molecular weight excluding hydrogens is 580 g/mol. The lowest BCUT2D eigenvalue weighted by molar-refractivity contribution is 0.0855. The van der Waals surface area contributed by atoms with Crippen LogP contribution in [0, 0.1) is 0 Å². The van der Waals surface area contributed by atoms with E-state index in [1.165, 1.54) is 30.3 Å². The van der Waals surface area contributed by atoms with Crippen LogP contribution >= 0.6 is 0 Å². The molecule has 10 nitrogen and oxygen atoms in total. The third-order valence-electron chi connectivity index (χ3n) is 8.00. The average molecular weight is 607 g/mol. The molecule has 226 valence electrons. The van der Waals surface area contributed by atoms with Crippen molar-refractivity contribution in [3.8, 4) is 68.3 Å². The lowest BCUT2D eigenvalue weighted by Crippen LogP contribution is -2.32. The molecule has 0 bridgehead atoms. The first kappa shape index (κ1) is 27.9. The molecule has 10 heteroatoms. The van der Waals surface area contributed by atoms with Crippen molar-refractivity contribution >= 4 is 21.9 Å². The third-order valence-corrected chi connectivity index (χ3v) is 8.00. The van der Waals surface area contributed by atoms with E-state index in [9.17, 15) is 35.1 Å². The summed E-state index contributed by atoms with van der Waals surface area (Å²) in [5, 5.41) is 51.9. The summed E-state index contributed by atoms with van der Waals surface area (Å²) in [5.41, 5.74) is 0.144. The van der Waals surface area contributed by atoms with E-state index in [4.69, 9.17) is 13.6 Å². The van der Waals surface area contributed by atoms with E-state index in [1.807, 2.05) is 13.8 Å². The van der Waals surface area contributed by atoms with Crippen LogP contribution in [0.1, 0.15) is 25.8 Å². The van der Waals surface area contributed by atoms with E-state index in [1.54, 1.807) is 24.3 Å². The van der Waals surface area contributed by atoms with Crippen LogP contribution in [0.3, 0.4) is 0 Å². The van der Waals surface area contributed by atoms with Crippen LogP contribution < -0.4 is 15.6 Å². The molecule has 0 saturated heterocycles. The number of phenols is 5. The smallest absolute Gasteiger partial charge is 0.197 e. The molecule has 0 unspecified atom stereocenters. The lowest BCUT2D eigenvalue weighted by Gasteiger charge is -2.34. The van der Waals surface area contributed by atoms with Gasteiger partial charge in [-0.2, -0.15) is 0 Å². The molecule has 7 rings (SSSR count). The summed E-state index contributed by atoms with van der Waals surface area (Å²) in [5.74, 6) is -0.921. The summed E-state index contributed by atoms with van der Waals surface area (Å²) in [4.78, 5) is 26.5. The Labute approximate surface area is 254 Å². The van der Waals surface area contributed by atoms with Crippen molar-refractivity contribution in [2.45, 2.75) is 32.3 Å². The fourth-order valence-electron chi connectivity index (χ4n) is 5.81. The molecule has 4 aromatic carbocycles. The van der Waals surface area contributed by atoms with Gasteiger partial charge in [0.2, 0.25) is 0 Å². The Bertz CT molecular complexity index is 2310. The van der Waals surface area contributed by atoms with Gasteiger partial charge in [0.1, 0.15) is 68.0 Å². The Balaban J connectivity index is 1.55. The van der Waals surface area contributed by atoms with Gasteiger partial charge < -0.3 is 39.1 Å². The number of hydrogen-bond acceptors (Lipinski definition) is 10. The summed E-state index contributed by atoms with van der Waals surface area (Å²) >= 11 is 0. The number of benzene rings is 4. The van der Waals surface area contributed by atoms with Crippen molar-refractivity contribution in [1.29, 1.82) is 0 Å². The quantitative estimate of drug-likeness (QED) is 0.149. The molecule has 0 amide bonds. The molecule has 0 atom stereocenters. The predicted molar refractivity (Wildman–Crippen MR) is 166 cm³/mol. The molecule has 5 N–H and O–H groups in total. The van der Waals surface area contributed by atoms with Crippen LogP contribution in [0.4, 0.5) is 0 Å². The van der Waals surface area contributed by atoms with Crippen molar-refractivity contribution < 1.29 is 39.1 Å². The van der Waals surface area contributed by atoms with Gasteiger partial charge >= 0.3 is 0 Å². The van der Waals surface area contributed by atoms with Gasteiger partial charge in [0.25, 0.3) is 0 Å². The minimum Gasteiger partial charge on any atom is -0.508 e. The first-order chi connectivity index (χ1) is 21.4. The molecule has 2 aromatic heterocycles. The highest BCUT2D eigenvalue weighted by molar-refractivity contribution is 6.02. The van der Waals surface area contributed by atoms with Crippen molar-refractivity contribution in [2.75, 3.05) is 0 Å². The van der Waals surface area contributed by atoms with Crippen LogP contribution in [-0.2, 0) is 6.42 Å². The first-order valence-electron chi connectivity index (χ1n) is 14.1. The number of aromatic hydroxyl groups is 5. The Morgan fingerprint density at radius 2 is 1.33 bits per heavy atom. The molecule has 1 aliphatic heterocycles. The molecule has 0 radical (unpaired) electrons. The van der Waals surface area contributed by atoms with Gasteiger partial charge in [0.15, 0.2) is 16.4 Å². The standard InChI is InChI=1S/C35H26O10/c1-35(2)8-7-17-9-18(28-14-25(41)31-22(38)11-20(37)12-29(31)43-28)10-21(33(17)45-35)30-23(39)13-24(40)32-26(42)15-27(44-34(30)32)16-3-5-19(36)6-4-16/h3-6,9-15,36-40H,7-8H2,1-2H3. The minimum absolute atomic E-state index is 0.0202. The van der Waals surface area contributed by atoms with Gasteiger partial charge in [-0.05, 0) is 68.7 Å². The molecule has 0 fully saturated rings. The summed E-state index contributed by atoms with van der Waals surface area (Å²) < 4.78 is 18.7. The number of ether oxygens (including phenoxy) is 1. The van der Waals surface area contributed by atoms with E-state index >= 15 is 0 Å². The fraction of sp³-hybridized carbons (Fsp3) is 0.143. The van der Waals surface area contributed by atoms with Crippen molar-refractivity contribution in [3.63, 3.8) is 0 Å². The lowest BCUT2D eigenvalue weighted by atomic mass is 9.88. The third kappa shape index (κ3) is 4.67. The summed E-state index contributed by atoms with van der Waals surface area (Å²) in [7, 11) is 0. The average Bonchev–Trinajstić information content (AvgIpc) is 2.96. The van der Waals surface area contributed by atoms with Gasteiger partial charge in [-0.3, -0.25) is 9.59 Å². The van der Waals surface area contributed by atoms with Gasteiger partial charge in [-0.15, -0.1) is 0 Å². The molecule has 3 heterocycles. The monoisotopic (exact) mass is 606 g/mol. The molecule has 45 heavy (non-hydrogen) atoms. The van der Waals surface area contributed by atoms with Crippen LogP contribution in [0.15, 0.2) is 85.2 Å².